The van der Waals surface area contributed by atoms with E-state index in [-0.39, 0.29) is 5.91 Å². The van der Waals surface area contributed by atoms with Gasteiger partial charge in [-0.1, -0.05) is 6.92 Å². The Morgan fingerprint density at radius 3 is 2.90 bits per heavy atom. The highest BCUT2D eigenvalue weighted by Crippen LogP contribution is 2.14. The molecule has 1 unspecified atom stereocenters. The van der Waals surface area contributed by atoms with Crippen molar-refractivity contribution < 1.29 is 4.79 Å². The fourth-order valence-corrected chi connectivity index (χ4v) is 1.46. The highest BCUT2D eigenvalue weighted by molar-refractivity contribution is 7.81. The summed E-state index contributed by atoms with van der Waals surface area (Å²) in [4.78, 5) is 12.9. The molecular weight excluding hydrogens is 146 g/mol. The highest BCUT2D eigenvalue weighted by Gasteiger charge is 2.21. The lowest BCUT2D eigenvalue weighted by atomic mass is 10.2. The first kappa shape index (κ1) is 7.92. The Balaban J connectivity index is 2.37. The second kappa shape index (κ2) is 3.28. The maximum absolute atomic E-state index is 11.0. The van der Waals surface area contributed by atoms with Crippen LogP contribution in [-0.4, -0.2) is 29.6 Å². The van der Waals surface area contributed by atoms with Gasteiger partial charge in [0.1, 0.15) is 0 Å². The third-order valence-corrected chi connectivity index (χ3v) is 2.18. The molecule has 2 nitrogen and oxygen atoms in total. The summed E-state index contributed by atoms with van der Waals surface area (Å²) in [6.45, 7) is 4.03. The average Bonchev–Trinajstić information content (AvgIpc) is 2.34. The molecule has 1 amide bonds. The Morgan fingerprint density at radius 2 is 2.50 bits per heavy atom. The van der Waals surface area contributed by atoms with Gasteiger partial charge in [0.2, 0.25) is 5.91 Å². The van der Waals surface area contributed by atoms with Crippen molar-refractivity contribution in [1.82, 2.24) is 4.90 Å². The summed E-state index contributed by atoms with van der Waals surface area (Å²) in [5.41, 5.74) is 0. The zero-order valence-electron chi connectivity index (χ0n) is 6.21. The lowest BCUT2D eigenvalue weighted by molar-refractivity contribution is -0.127. The minimum absolute atomic E-state index is 0.174. The normalized spacial score (nSPS) is 25.4. The molecule has 1 fully saturated rings. The second-order valence-corrected chi connectivity index (χ2v) is 3.21. The van der Waals surface area contributed by atoms with E-state index in [1.165, 1.54) is 0 Å². The van der Waals surface area contributed by atoms with Crippen LogP contribution in [0.4, 0.5) is 0 Å². The summed E-state index contributed by atoms with van der Waals surface area (Å²) in [5.74, 6) is 1.21. The number of rotatable bonds is 1. The molecule has 58 valence electrons. The number of carbonyl (C=O) groups is 1. The molecule has 1 aliphatic heterocycles. The first-order valence-corrected chi connectivity index (χ1v) is 4.26. The number of likely N-dealkylation sites (tertiary alicyclic amines) is 1. The Kier molecular flexibility index (Phi) is 2.60. The van der Waals surface area contributed by atoms with E-state index in [2.05, 4.69) is 19.6 Å². The monoisotopic (exact) mass is 159 g/mol. The van der Waals surface area contributed by atoms with Crippen molar-refractivity contribution in [2.75, 3.05) is 18.8 Å². The van der Waals surface area contributed by atoms with Gasteiger partial charge in [-0.2, -0.15) is 12.6 Å². The van der Waals surface area contributed by atoms with Gasteiger partial charge in [-0.05, 0) is 12.3 Å². The summed E-state index contributed by atoms with van der Waals surface area (Å²) in [6, 6.07) is 0. The van der Waals surface area contributed by atoms with Gasteiger partial charge in [-0.25, -0.2) is 0 Å². The van der Waals surface area contributed by atoms with Gasteiger partial charge in [0.25, 0.3) is 0 Å². The number of hydrogen-bond donors (Lipinski definition) is 1. The highest BCUT2D eigenvalue weighted by atomic mass is 32.1. The van der Waals surface area contributed by atoms with E-state index in [4.69, 9.17) is 0 Å². The molecule has 0 aromatic rings. The molecule has 3 heteroatoms. The molecule has 1 rings (SSSR count). The molecule has 10 heavy (non-hydrogen) atoms. The van der Waals surface area contributed by atoms with Crippen molar-refractivity contribution in [3.05, 3.63) is 0 Å². The van der Waals surface area contributed by atoms with E-state index in [0.717, 1.165) is 19.5 Å². The molecular formula is C7H13NOS. The third-order valence-electron chi connectivity index (χ3n) is 1.91. The quantitative estimate of drug-likeness (QED) is 0.561. The molecule has 1 heterocycles. The van der Waals surface area contributed by atoms with Crippen LogP contribution in [0.25, 0.3) is 0 Å². The number of hydrogen-bond acceptors (Lipinski definition) is 2. The molecule has 0 spiro atoms. The lowest BCUT2D eigenvalue weighted by Gasteiger charge is -2.13. The van der Waals surface area contributed by atoms with Crippen LogP contribution in [0, 0.1) is 5.92 Å². The van der Waals surface area contributed by atoms with Crippen LogP contribution >= 0.6 is 12.6 Å². The molecule has 0 aliphatic carbocycles. The van der Waals surface area contributed by atoms with Crippen LogP contribution in [0.3, 0.4) is 0 Å². The Hall–Kier alpha value is -0.180. The summed E-state index contributed by atoms with van der Waals surface area (Å²) < 4.78 is 0. The van der Waals surface area contributed by atoms with E-state index >= 15 is 0 Å². The van der Waals surface area contributed by atoms with Gasteiger partial charge in [0.05, 0.1) is 5.75 Å². The van der Waals surface area contributed by atoms with Crippen LogP contribution < -0.4 is 0 Å². The third kappa shape index (κ3) is 1.66. The van der Waals surface area contributed by atoms with Crippen LogP contribution in [-0.2, 0) is 4.79 Å². The molecule has 0 saturated carbocycles. The van der Waals surface area contributed by atoms with Crippen molar-refractivity contribution in [2.45, 2.75) is 13.3 Å². The van der Waals surface area contributed by atoms with Crippen LogP contribution in [0.15, 0.2) is 0 Å². The maximum atomic E-state index is 11.0. The van der Waals surface area contributed by atoms with Crippen molar-refractivity contribution in [3.63, 3.8) is 0 Å². The predicted molar refractivity (Wildman–Crippen MR) is 44.2 cm³/mol. The molecule has 1 atom stereocenters. The largest absolute Gasteiger partial charge is 0.342 e. The van der Waals surface area contributed by atoms with Gasteiger partial charge in [0.15, 0.2) is 0 Å². The van der Waals surface area contributed by atoms with E-state index < -0.39 is 0 Å². The molecule has 0 aromatic heterocycles. The topological polar surface area (TPSA) is 20.3 Å². The van der Waals surface area contributed by atoms with E-state index in [1.54, 1.807) is 0 Å². The van der Waals surface area contributed by atoms with Gasteiger partial charge in [-0.3, -0.25) is 4.79 Å². The summed E-state index contributed by atoms with van der Waals surface area (Å²) in [7, 11) is 0. The van der Waals surface area contributed by atoms with Crippen molar-refractivity contribution >= 4 is 18.5 Å². The fraction of sp³-hybridized carbons (Fsp3) is 0.857. The predicted octanol–water partition coefficient (Wildman–Crippen LogP) is 0.785. The molecule has 0 radical (unpaired) electrons. The number of amides is 1. The zero-order valence-corrected chi connectivity index (χ0v) is 7.10. The van der Waals surface area contributed by atoms with Crippen LogP contribution in [0.1, 0.15) is 13.3 Å². The summed E-state index contributed by atoms with van der Waals surface area (Å²) in [5, 5.41) is 0. The zero-order chi connectivity index (χ0) is 7.56. The van der Waals surface area contributed by atoms with Crippen molar-refractivity contribution in [1.29, 1.82) is 0 Å². The molecule has 0 bridgehead atoms. The molecule has 0 aromatic carbocycles. The fourth-order valence-electron chi connectivity index (χ4n) is 1.26. The minimum Gasteiger partial charge on any atom is -0.342 e. The van der Waals surface area contributed by atoms with Gasteiger partial charge >= 0.3 is 0 Å². The standard InChI is InChI=1S/C7H13NOS/c1-6-2-3-8(4-6)7(9)5-10/h6,10H,2-5H2,1H3. The Bertz CT molecular complexity index is 138. The van der Waals surface area contributed by atoms with Crippen molar-refractivity contribution in [2.24, 2.45) is 5.92 Å². The maximum Gasteiger partial charge on any atom is 0.232 e. The Labute approximate surface area is 67.0 Å². The molecule has 1 aliphatic rings. The first-order valence-electron chi connectivity index (χ1n) is 3.62. The van der Waals surface area contributed by atoms with Gasteiger partial charge in [-0.15, -0.1) is 0 Å². The SMILES string of the molecule is CC1CCN(C(=O)CS)C1. The average molecular weight is 159 g/mol. The number of nitrogens with zero attached hydrogens (tertiary/aromatic N) is 1. The smallest absolute Gasteiger partial charge is 0.232 e. The Morgan fingerprint density at radius 1 is 1.80 bits per heavy atom. The first-order chi connectivity index (χ1) is 4.74. The summed E-state index contributed by atoms with van der Waals surface area (Å²) in [6.07, 6.45) is 1.15. The number of thiol groups is 1. The minimum atomic E-state index is 0.174. The lowest BCUT2D eigenvalue weighted by Crippen LogP contribution is -2.29. The van der Waals surface area contributed by atoms with E-state index in [9.17, 15) is 4.79 Å². The molecule has 0 N–H and O–H groups in total. The van der Waals surface area contributed by atoms with Crippen LogP contribution in [0.2, 0.25) is 0 Å². The van der Waals surface area contributed by atoms with E-state index in [1.807, 2.05) is 4.90 Å². The van der Waals surface area contributed by atoms with E-state index in [0.29, 0.717) is 11.7 Å². The number of carbonyl (C=O) groups excluding carboxylic acids is 1. The molecule has 1 saturated heterocycles. The van der Waals surface area contributed by atoms with Gasteiger partial charge < -0.3 is 4.90 Å². The van der Waals surface area contributed by atoms with Gasteiger partial charge in [0, 0.05) is 13.1 Å². The second-order valence-electron chi connectivity index (χ2n) is 2.89. The van der Waals surface area contributed by atoms with Crippen LogP contribution in [0.5, 0.6) is 0 Å². The van der Waals surface area contributed by atoms with Crippen molar-refractivity contribution in [3.8, 4) is 0 Å². The summed E-state index contributed by atoms with van der Waals surface area (Å²) >= 11 is 3.93.